The molecule has 5 rings (SSSR count). The number of nitrogens with zero attached hydrogens (tertiary/aromatic N) is 2. The van der Waals surface area contributed by atoms with E-state index in [2.05, 4.69) is 15.6 Å². The first kappa shape index (κ1) is 30.2. The molecule has 0 saturated heterocycles. The highest BCUT2D eigenvalue weighted by Crippen LogP contribution is 2.35. The zero-order valence-electron chi connectivity index (χ0n) is 23.3. The molecule has 2 aromatic heterocycles. The lowest BCUT2D eigenvalue weighted by Gasteiger charge is -2.17. The van der Waals surface area contributed by atoms with E-state index in [0.29, 0.717) is 43.5 Å². The lowest BCUT2D eigenvalue weighted by atomic mass is 10.1. The number of halogens is 3. The maximum absolute atomic E-state index is 12.6. The minimum Gasteiger partial charge on any atom is -0.487 e. The predicted molar refractivity (Wildman–Crippen MR) is 172 cm³/mol. The molecule has 2 N–H and O–H groups in total. The molecule has 2 amide bonds. The van der Waals surface area contributed by atoms with Crippen molar-refractivity contribution in [1.29, 1.82) is 0 Å². The number of rotatable bonds is 9. The van der Waals surface area contributed by atoms with Crippen molar-refractivity contribution in [3.05, 3.63) is 128 Å². The highest BCUT2D eigenvalue weighted by atomic mass is 35.5. The van der Waals surface area contributed by atoms with Crippen molar-refractivity contribution in [2.24, 2.45) is 0 Å². The van der Waals surface area contributed by atoms with Crippen LogP contribution >= 0.6 is 34.8 Å². The molecule has 0 saturated carbocycles. The summed E-state index contributed by atoms with van der Waals surface area (Å²) in [5.41, 5.74) is 4.87. The molecule has 0 radical (unpaired) electrons. The minimum atomic E-state index is -0.297. The topological polar surface area (TPSA) is 85.2 Å². The number of aryl methyl sites for hydroxylation is 1. The second-order valence-electron chi connectivity index (χ2n) is 9.66. The second-order valence-corrected chi connectivity index (χ2v) is 10.8. The Kier molecular flexibility index (Phi) is 9.36. The summed E-state index contributed by atoms with van der Waals surface area (Å²) in [4.78, 5) is 28.9. The maximum atomic E-state index is 12.6. The van der Waals surface area contributed by atoms with Crippen molar-refractivity contribution in [2.45, 2.75) is 20.1 Å². The Bertz CT molecular complexity index is 1850. The van der Waals surface area contributed by atoms with Gasteiger partial charge in [0.1, 0.15) is 23.0 Å². The summed E-state index contributed by atoms with van der Waals surface area (Å²) in [5, 5.41) is 7.66. The van der Waals surface area contributed by atoms with Crippen LogP contribution in [0.15, 0.2) is 84.9 Å². The summed E-state index contributed by atoms with van der Waals surface area (Å²) in [6.45, 7) is 2.23. The van der Waals surface area contributed by atoms with Crippen LogP contribution in [0.2, 0.25) is 15.2 Å². The summed E-state index contributed by atoms with van der Waals surface area (Å²) in [5.74, 6) is 0.152. The van der Waals surface area contributed by atoms with Crippen molar-refractivity contribution in [1.82, 2.24) is 20.2 Å². The molecular formula is C33H27Cl3N4O3. The third kappa shape index (κ3) is 6.86. The Labute approximate surface area is 264 Å². The number of nitrogens with one attached hydrogen (secondary N) is 2. The quantitative estimate of drug-likeness (QED) is 0.164. The van der Waals surface area contributed by atoms with Crippen LogP contribution in [-0.2, 0) is 17.9 Å². The molecule has 0 atom stereocenters. The average molecular weight is 634 g/mol. The number of para-hydroxylation sites is 1. The SMILES string of the molecule is CNC(=O)c1ccc(C=CC(=O)NCc2ccc(Cl)n2-c2ccc(Cl)c(COc3cccc4ccc(C)nc34)c2Cl)cc1. The van der Waals surface area contributed by atoms with Gasteiger partial charge >= 0.3 is 0 Å². The molecule has 10 heteroatoms. The van der Waals surface area contributed by atoms with Gasteiger partial charge in [-0.25, -0.2) is 4.98 Å². The first-order valence-electron chi connectivity index (χ1n) is 13.4. The van der Waals surface area contributed by atoms with E-state index in [1.54, 1.807) is 60.2 Å². The molecular weight excluding hydrogens is 607 g/mol. The van der Waals surface area contributed by atoms with E-state index in [1.165, 1.54) is 6.08 Å². The molecule has 0 aliphatic rings. The number of fused-ring (bicyclic) bond motifs is 1. The lowest BCUT2D eigenvalue weighted by molar-refractivity contribution is -0.116. The van der Waals surface area contributed by atoms with Gasteiger partial charge in [-0.05, 0) is 67.1 Å². The molecule has 0 fully saturated rings. The van der Waals surface area contributed by atoms with Gasteiger partial charge in [0, 0.05) is 46.0 Å². The lowest BCUT2D eigenvalue weighted by Crippen LogP contribution is -2.22. The van der Waals surface area contributed by atoms with Crippen molar-refractivity contribution in [3.8, 4) is 11.4 Å². The Morgan fingerprint density at radius 1 is 0.953 bits per heavy atom. The summed E-state index contributed by atoms with van der Waals surface area (Å²) < 4.78 is 7.92. The van der Waals surface area contributed by atoms with Crippen LogP contribution in [0.4, 0.5) is 0 Å². The van der Waals surface area contributed by atoms with Gasteiger partial charge in [-0.3, -0.25) is 9.59 Å². The third-order valence-corrected chi connectivity index (χ3v) is 7.86. The smallest absolute Gasteiger partial charge is 0.251 e. The molecule has 0 aliphatic heterocycles. The largest absolute Gasteiger partial charge is 0.487 e. The van der Waals surface area contributed by atoms with E-state index in [9.17, 15) is 9.59 Å². The number of pyridine rings is 1. The summed E-state index contributed by atoms with van der Waals surface area (Å²) in [6, 6.07) is 23.7. The molecule has 218 valence electrons. The first-order valence-corrected chi connectivity index (χ1v) is 14.5. The van der Waals surface area contributed by atoms with Crippen LogP contribution in [-0.4, -0.2) is 28.4 Å². The van der Waals surface area contributed by atoms with Gasteiger partial charge in [-0.1, -0.05) is 65.1 Å². The zero-order valence-corrected chi connectivity index (χ0v) is 25.6. The molecule has 43 heavy (non-hydrogen) atoms. The highest BCUT2D eigenvalue weighted by Gasteiger charge is 2.18. The van der Waals surface area contributed by atoms with Crippen LogP contribution in [0.25, 0.3) is 22.7 Å². The maximum Gasteiger partial charge on any atom is 0.251 e. The van der Waals surface area contributed by atoms with Crippen LogP contribution in [0.3, 0.4) is 0 Å². The normalized spacial score (nSPS) is 11.2. The van der Waals surface area contributed by atoms with Gasteiger partial charge < -0.3 is 19.9 Å². The fourth-order valence-electron chi connectivity index (χ4n) is 4.53. The Balaban J connectivity index is 1.31. The molecule has 5 aromatic rings. The molecule has 2 heterocycles. The standard InChI is InChI=1S/C33H27Cl3N4O3/c1-20-6-10-22-4-3-5-28(32(22)39-20)43-19-25-26(34)14-15-27(31(25)36)40-24(13-16-29(40)35)18-38-30(41)17-9-21-7-11-23(12-8-21)33(42)37-2/h3-17H,18-19H2,1-2H3,(H,37,42)(H,38,41). The van der Waals surface area contributed by atoms with Crippen molar-refractivity contribution >= 4 is 63.6 Å². The van der Waals surface area contributed by atoms with Gasteiger partial charge in [-0.2, -0.15) is 0 Å². The Morgan fingerprint density at radius 3 is 2.51 bits per heavy atom. The van der Waals surface area contributed by atoms with E-state index >= 15 is 0 Å². The third-order valence-electron chi connectivity index (χ3n) is 6.79. The van der Waals surface area contributed by atoms with Crippen LogP contribution in [0.1, 0.15) is 32.9 Å². The molecule has 0 unspecified atom stereocenters. The molecule has 7 nitrogen and oxygen atoms in total. The molecule has 0 aliphatic carbocycles. The Hall–Kier alpha value is -4.30. The van der Waals surface area contributed by atoms with Gasteiger partial charge in [0.2, 0.25) is 5.91 Å². The summed E-state index contributed by atoms with van der Waals surface area (Å²) >= 11 is 20.0. The van der Waals surface area contributed by atoms with Crippen molar-refractivity contribution < 1.29 is 14.3 Å². The highest BCUT2D eigenvalue weighted by molar-refractivity contribution is 6.37. The van der Waals surface area contributed by atoms with E-state index in [0.717, 1.165) is 22.2 Å². The summed E-state index contributed by atoms with van der Waals surface area (Å²) in [7, 11) is 1.57. The number of aromatic nitrogens is 2. The van der Waals surface area contributed by atoms with Gasteiger partial charge in [0.15, 0.2) is 0 Å². The van der Waals surface area contributed by atoms with Gasteiger partial charge in [-0.15, -0.1) is 0 Å². The van der Waals surface area contributed by atoms with E-state index < -0.39 is 0 Å². The van der Waals surface area contributed by atoms with Crippen molar-refractivity contribution in [2.75, 3.05) is 7.05 Å². The number of hydrogen-bond donors (Lipinski definition) is 2. The van der Waals surface area contributed by atoms with Gasteiger partial charge in [0.05, 0.1) is 17.3 Å². The van der Waals surface area contributed by atoms with Crippen molar-refractivity contribution in [3.63, 3.8) is 0 Å². The van der Waals surface area contributed by atoms with Gasteiger partial charge in [0.25, 0.3) is 5.91 Å². The zero-order chi connectivity index (χ0) is 30.5. The predicted octanol–water partition coefficient (Wildman–Crippen LogP) is 7.56. The minimum absolute atomic E-state index is 0.111. The number of carbonyl (C=O) groups is 2. The molecule has 0 bridgehead atoms. The number of hydrogen-bond acceptors (Lipinski definition) is 4. The number of amides is 2. The number of ether oxygens (including phenoxy) is 1. The fourth-order valence-corrected chi connectivity index (χ4v) is 5.36. The number of carbonyl (C=O) groups excluding carboxylic acids is 2. The van der Waals surface area contributed by atoms with E-state index in [1.807, 2.05) is 43.3 Å². The summed E-state index contributed by atoms with van der Waals surface area (Å²) in [6.07, 6.45) is 3.10. The first-order chi connectivity index (χ1) is 20.7. The average Bonchev–Trinajstić information content (AvgIpc) is 3.38. The molecule has 3 aromatic carbocycles. The monoisotopic (exact) mass is 632 g/mol. The van der Waals surface area contributed by atoms with Crippen LogP contribution in [0, 0.1) is 6.92 Å². The van der Waals surface area contributed by atoms with Crippen LogP contribution < -0.4 is 15.4 Å². The van der Waals surface area contributed by atoms with E-state index in [-0.39, 0.29) is 25.0 Å². The fraction of sp³-hybridized carbons (Fsp3) is 0.121. The second kappa shape index (κ2) is 13.3. The molecule has 0 spiro atoms. The Morgan fingerprint density at radius 2 is 1.74 bits per heavy atom. The number of benzene rings is 3. The van der Waals surface area contributed by atoms with E-state index in [4.69, 9.17) is 39.5 Å². The van der Waals surface area contributed by atoms with Crippen LogP contribution in [0.5, 0.6) is 5.75 Å².